The molecule has 0 fully saturated rings. The molecule has 0 unspecified atom stereocenters. The smallest absolute Gasteiger partial charge is 0.326 e. The Hall–Kier alpha value is -1.75. The minimum absolute atomic E-state index is 0.0271. The topological polar surface area (TPSA) is 75.6 Å². The van der Waals surface area contributed by atoms with E-state index in [2.05, 4.69) is 5.32 Å². The van der Waals surface area contributed by atoms with E-state index in [1.165, 1.54) is 7.11 Å². The Balaban J connectivity index is 2.73. The molecule has 5 nitrogen and oxygen atoms in total. The van der Waals surface area contributed by atoms with Crippen LogP contribution in [0.2, 0.25) is 5.02 Å². The number of carboxylic acids is 1. The van der Waals surface area contributed by atoms with Crippen LogP contribution in [0.15, 0.2) is 18.2 Å². The van der Waals surface area contributed by atoms with Crippen LogP contribution in [0.25, 0.3) is 0 Å². The summed E-state index contributed by atoms with van der Waals surface area (Å²) in [7, 11) is 1.53. The largest absolute Gasteiger partial charge is 0.497 e. The summed E-state index contributed by atoms with van der Waals surface area (Å²) in [5.41, 5.74) is 0.623. The number of aliphatic carboxylic acids is 1. The Labute approximate surface area is 122 Å². The van der Waals surface area contributed by atoms with Crippen LogP contribution in [0.3, 0.4) is 0 Å². The van der Waals surface area contributed by atoms with Crippen LogP contribution in [-0.4, -0.2) is 30.1 Å². The van der Waals surface area contributed by atoms with Gasteiger partial charge < -0.3 is 15.2 Å². The standard InChI is InChI=1S/C14H18ClNO4/c1-8(2)13(14(18)19)16-12(17)6-9-4-5-10(20-3)7-11(9)15/h4-5,7-8,13H,6H2,1-3H3,(H,16,17)(H,18,19)/t13-/m0/s1. The molecular weight excluding hydrogens is 282 g/mol. The van der Waals surface area contributed by atoms with E-state index in [1.54, 1.807) is 32.0 Å². The van der Waals surface area contributed by atoms with E-state index in [4.69, 9.17) is 21.4 Å². The predicted molar refractivity (Wildman–Crippen MR) is 76.1 cm³/mol. The molecule has 0 aliphatic carbocycles. The number of halogens is 1. The van der Waals surface area contributed by atoms with E-state index in [9.17, 15) is 9.59 Å². The summed E-state index contributed by atoms with van der Waals surface area (Å²) in [6.07, 6.45) is 0.0271. The lowest BCUT2D eigenvalue weighted by Crippen LogP contribution is -2.44. The molecular formula is C14H18ClNO4. The van der Waals surface area contributed by atoms with Gasteiger partial charge in [-0.3, -0.25) is 4.79 Å². The van der Waals surface area contributed by atoms with Crippen molar-refractivity contribution in [1.82, 2.24) is 5.32 Å². The van der Waals surface area contributed by atoms with Gasteiger partial charge in [-0.15, -0.1) is 0 Å². The summed E-state index contributed by atoms with van der Waals surface area (Å²) in [4.78, 5) is 22.9. The molecule has 0 aliphatic rings. The fourth-order valence-corrected chi connectivity index (χ4v) is 1.95. The van der Waals surface area contributed by atoms with Crippen molar-refractivity contribution in [2.75, 3.05) is 7.11 Å². The fraction of sp³-hybridized carbons (Fsp3) is 0.429. The van der Waals surface area contributed by atoms with Gasteiger partial charge in [-0.05, 0) is 23.6 Å². The molecule has 0 spiro atoms. The van der Waals surface area contributed by atoms with Crippen LogP contribution in [0.1, 0.15) is 19.4 Å². The SMILES string of the molecule is COc1ccc(CC(=O)N[C@H](C(=O)O)C(C)C)c(Cl)c1. The van der Waals surface area contributed by atoms with Gasteiger partial charge in [-0.2, -0.15) is 0 Å². The summed E-state index contributed by atoms with van der Waals surface area (Å²) < 4.78 is 5.02. The highest BCUT2D eigenvalue weighted by molar-refractivity contribution is 6.31. The fourth-order valence-electron chi connectivity index (χ4n) is 1.71. The zero-order valence-electron chi connectivity index (χ0n) is 11.6. The number of methoxy groups -OCH3 is 1. The molecule has 2 N–H and O–H groups in total. The number of hydrogen-bond acceptors (Lipinski definition) is 3. The number of nitrogens with one attached hydrogen (secondary N) is 1. The predicted octanol–water partition coefficient (Wildman–Crippen LogP) is 2.12. The number of amides is 1. The second-order valence-corrected chi connectivity index (χ2v) is 5.17. The lowest BCUT2D eigenvalue weighted by atomic mass is 10.0. The highest BCUT2D eigenvalue weighted by Crippen LogP contribution is 2.22. The number of ether oxygens (including phenoxy) is 1. The molecule has 1 amide bonds. The van der Waals surface area contributed by atoms with Gasteiger partial charge >= 0.3 is 5.97 Å². The molecule has 1 rings (SSSR count). The highest BCUT2D eigenvalue weighted by atomic mass is 35.5. The first-order chi connectivity index (χ1) is 9.35. The molecule has 0 heterocycles. The monoisotopic (exact) mass is 299 g/mol. The molecule has 0 saturated heterocycles. The van der Waals surface area contributed by atoms with E-state index in [1.807, 2.05) is 0 Å². The maximum atomic E-state index is 11.9. The molecule has 0 aromatic heterocycles. The summed E-state index contributed by atoms with van der Waals surface area (Å²) in [5, 5.41) is 11.9. The summed E-state index contributed by atoms with van der Waals surface area (Å²) in [5.74, 6) is -1.01. The number of carboxylic acid groups (broad SMARTS) is 1. The van der Waals surface area contributed by atoms with E-state index < -0.39 is 12.0 Å². The first kappa shape index (κ1) is 16.3. The van der Waals surface area contributed by atoms with Crippen LogP contribution < -0.4 is 10.1 Å². The third-order valence-electron chi connectivity index (χ3n) is 2.86. The Kier molecular flexibility index (Phi) is 5.82. The number of carbonyl (C=O) groups excluding carboxylic acids is 1. The van der Waals surface area contributed by atoms with Gasteiger partial charge in [0.15, 0.2) is 0 Å². The van der Waals surface area contributed by atoms with Crippen molar-refractivity contribution in [3.8, 4) is 5.75 Å². The van der Waals surface area contributed by atoms with Crippen LogP contribution in [-0.2, 0) is 16.0 Å². The van der Waals surface area contributed by atoms with Gasteiger partial charge in [0.25, 0.3) is 0 Å². The molecule has 1 aromatic rings. The van der Waals surface area contributed by atoms with Crippen LogP contribution in [0.4, 0.5) is 0 Å². The molecule has 0 radical (unpaired) electrons. The lowest BCUT2D eigenvalue weighted by molar-refractivity contribution is -0.143. The van der Waals surface area contributed by atoms with Crippen molar-refractivity contribution < 1.29 is 19.4 Å². The maximum Gasteiger partial charge on any atom is 0.326 e. The average Bonchev–Trinajstić information content (AvgIpc) is 2.37. The zero-order valence-corrected chi connectivity index (χ0v) is 12.4. The van der Waals surface area contributed by atoms with Crippen molar-refractivity contribution in [3.05, 3.63) is 28.8 Å². The molecule has 110 valence electrons. The van der Waals surface area contributed by atoms with Crippen molar-refractivity contribution in [2.24, 2.45) is 5.92 Å². The molecule has 1 atom stereocenters. The van der Waals surface area contributed by atoms with E-state index in [0.29, 0.717) is 16.3 Å². The number of rotatable bonds is 6. The maximum absolute atomic E-state index is 11.9. The average molecular weight is 300 g/mol. The summed E-state index contributed by atoms with van der Waals surface area (Å²) in [6, 6.07) is 4.10. The van der Waals surface area contributed by atoms with Crippen molar-refractivity contribution >= 4 is 23.5 Å². The molecule has 0 aliphatic heterocycles. The minimum atomic E-state index is -1.05. The van der Waals surface area contributed by atoms with Crippen molar-refractivity contribution in [3.63, 3.8) is 0 Å². The van der Waals surface area contributed by atoms with Gasteiger partial charge in [0.1, 0.15) is 11.8 Å². The number of hydrogen-bond donors (Lipinski definition) is 2. The first-order valence-electron chi connectivity index (χ1n) is 6.19. The third-order valence-corrected chi connectivity index (χ3v) is 3.21. The second-order valence-electron chi connectivity index (χ2n) is 4.76. The Bertz CT molecular complexity index is 502. The van der Waals surface area contributed by atoms with E-state index in [0.717, 1.165) is 0 Å². The van der Waals surface area contributed by atoms with Crippen molar-refractivity contribution in [1.29, 1.82) is 0 Å². The molecule has 0 bridgehead atoms. The van der Waals surface area contributed by atoms with Gasteiger partial charge in [0, 0.05) is 5.02 Å². The quantitative estimate of drug-likeness (QED) is 0.843. The van der Waals surface area contributed by atoms with E-state index in [-0.39, 0.29) is 18.2 Å². The molecule has 1 aromatic carbocycles. The molecule has 0 saturated carbocycles. The Morgan fingerprint density at radius 3 is 2.50 bits per heavy atom. The van der Waals surface area contributed by atoms with Gasteiger partial charge in [-0.1, -0.05) is 31.5 Å². The third kappa shape index (κ3) is 4.42. The lowest BCUT2D eigenvalue weighted by Gasteiger charge is -2.18. The van der Waals surface area contributed by atoms with Crippen LogP contribution in [0, 0.1) is 5.92 Å². The van der Waals surface area contributed by atoms with Gasteiger partial charge in [0.05, 0.1) is 13.5 Å². The van der Waals surface area contributed by atoms with E-state index >= 15 is 0 Å². The second kappa shape index (κ2) is 7.14. The Morgan fingerprint density at radius 1 is 1.40 bits per heavy atom. The Morgan fingerprint density at radius 2 is 2.05 bits per heavy atom. The molecule has 6 heteroatoms. The van der Waals surface area contributed by atoms with Crippen molar-refractivity contribution in [2.45, 2.75) is 26.3 Å². The normalized spacial score (nSPS) is 12.1. The molecule has 20 heavy (non-hydrogen) atoms. The van der Waals surface area contributed by atoms with Gasteiger partial charge in [-0.25, -0.2) is 4.79 Å². The van der Waals surface area contributed by atoms with Crippen LogP contribution in [0.5, 0.6) is 5.75 Å². The zero-order chi connectivity index (χ0) is 15.3. The summed E-state index contributed by atoms with van der Waals surface area (Å²) >= 11 is 6.04. The highest BCUT2D eigenvalue weighted by Gasteiger charge is 2.23. The number of carbonyl (C=O) groups is 2. The minimum Gasteiger partial charge on any atom is -0.497 e. The number of benzene rings is 1. The van der Waals surface area contributed by atoms with Crippen LogP contribution >= 0.6 is 11.6 Å². The van der Waals surface area contributed by atoms with Gasteiger partial charge in [0.2, 0.25) is 5.91 Å². The summed E-state index contributed by atoms with van der Waals surface area (Å²) in [6.45, 7) is 3.47. The first-order valence-corrected chi connectivity index (χ1v) is 6.57.